The second-order valence-electron chi connectivity index (χ2n) is 4.43. The zero-order valence-electron chi connectivity index (χ0n) is 10.3. The molecule has 0 spiro atoms. The number of aryl methyl sites for hydroxylation is 1. The second-order valence-corrected chi connectivity index (χ2v) is 6.39. The van der Waals surface area contributed by atoms with E-state index in [1.54, 1.807) is 20.0 Å². The van der Waals surface area contributed by atoms with Crippen molar-refractivity contribution >= 4 is 10.0 Å². The molecule has 0 aromatic heterocycles. The average molecular weight is 265 g/mol. The van der Waals surface area contributed by atoms with E-state index in [0.29, 0.717) is 24.2 Å². The minimum atomic E-state index is -3.47. The normalized spacial score (nSPS) is 16.3. The number of sulfonamides is 1. The third kappa shape index (κ3) is 2.12. The van der Waals surface area contributed by atoms with Crippen LogP contribution in [0.2, 0.25) is 0 Å². The lowest BCUT2D eigenvalue weighted by Gasteiger charge is -2.34. The van der Waals surface area contributed by atoms with Crippen molar-refractivity contribution in [3.05, 3.63) is 29.3 Å². The Hall–Kier alpha value is -1.42. The van der Waals surface area contributed by atoms with Crippen LogP contribution in [0.25, 0.3) is 0 Å². The number of likely N-dealkylation sites (N-methyl/N-ethyl adjacent to an activating group) is 1. The van der Waals surface area contributed by atoms with E-state index < -0.39 is 10.0 Å². The fourth-order valence-corrected chi connectivity index (χ4v) is 3.45. The van der Waals surface area contributed by atoms with Gasteiger partial charge in [0.15, 0.2) is 0 Å². The fraction of sp³-hybridized carbons (Fsp3) is 0.417. The maximum absolute atomic E-state index is 12.4. The summed E-state index contributed by atoms with van der Waals surface area (Å²) in [5.41, 5.74) is 1.08. The first kappa shape index (κ1) is 13.0. The molecule has 1 aromatic carbocycles. The smallest absolute Gasteiger partial charge is 0.243 e. The molecule has 1 N–H and O–H groups in total. The van der Waals surface area contributed by atoms with Gasteiger partial charge in [0.05, 0.1) is 16.5 Å². The van der Waals surface area contributed by atoms with E-state index in [1.807, 2.05) is 6.07 Å². The number of nitrogens with zero attached hydrogens (tertiary/aromatic N) is 2. The third-order valence-electron chi connectivity index (χ3n) is 3.24. The van der Waals surface area contributed by atoms with Crippen molar-refractivity contribution in [1.82, 2.24) is 9.62 Å². The summed E-state index contributed by atoms with van der Waals surface area (Å²) in [6.07, 6.45) is 0. The highest BCUT2D eigenvalue weighted by atomic mass is 32.2. The van der Waals surface area contributed by atoms with E-state index in [1.165, 1.54) is 16.4 Å². The topological polar surface area (TPSA) is 73.2 Å². The maximum Gasteiger partial charge on any atom is 0.243 e. The molecule has 0 atom stereocenters. The molecule has 1 aliphatic rings. The molecule has 0 unspecified atom stereocenters. The van der Waals surface area contributed by atoms with E-state index in [0.717, 1.165) is 0 Å². The van der Waals surface area contributed by atoms with Gasteiger partial charge in [-0.3, -0.25) is 0 Å². The van der Waals surface area contributed by atoms with Gasteiger partial charge in [0.2, 0.25) is 10.0 Å². The lowest BCUT2D eigenvalue weighted by molar-refractivity contribution is 0.274. The predicted octanol–water partition coefficient (Wildman–Crippen LogP) is 0.459. The molecule has 96 valence electrons. The summed E-state index contributed by atoms with van der Waals surface area (Å²) < 4.78 is 26.2. The van der Waals surface area contributed by atoms with Crippen molar-refractivity contribution in [3.63, 3.8) is 0 Å². The van der Waals surface area contributed by atoms with Crippen LogP contribution in [0.1, 0.15) is 11.1 Å². The van der Waals surface area contributed by atoms with E-state index in [9.17, 15) is 8.42 Å². The fourth-order valence-electron chi connectivity index (χ4n) is 1.89. The van der Waals surface area contributed by atoms with Gasteiger partial charge in [0, 0.05) is 26.2 Å². The molecule has 5 nitrogen and oxygen atoms in total. The van der Waals surface area contributed by atoms with Crippen molar-refractivity contribution in [2.45, 2.75) is 17.9 Å². The molecule has 0 amide bonds. The number of hydrogen-bond acceptors (Lipinski definition) is 4. The Morgan fingerprint density at radius 1 is 1.44 bits per heavy atom. The van der Waals surface area contributed by atoms with Crippen LogP contribution >= 0.6 is 0 Å². The molecule has 1 fully saturated rings. The molecule has 1 aromatic rings. The Morgan fingerprint density at radius 2 is 2.11 bits per heavy atom. The Labute approximate surface area is 107 Å². The highest BCUT2D eigenvalue weighted by Gasteiger charge is 2.32. The highest BCUT2D eigenvalue weighted by Crippen LogP contribution is 2.22. The van der Waals surface area contributed by atoms with Gasteiger partial charge >= 0.3 is 0 Å². The molecule has 2 rings (SSSR count). The molecule has 0 aliphatic carbocycles. The quantitative estimate of drug-likeness (QED) is 0.861. The molecule has 1 aliphatic heterocycles. The van der Waals surface area contributed by atoms with Crippen molar-refractivity contribution in [1.29, 1.82) is 5.26 Å². The van der Waals surface area contributed by atoms with Gasteiger partial charge in [-0.2, -0.15) is 9.57 Å². The molecule has 0 saturated carbocycles. The molecular formula is C12H15N3O2S. The van der Waals surface area contributed by atoms with E-state index in [-0.39, 0.29) is 10.9 Å². The number of benzene rings is 1. The number of nitrogens with one attached hydrogen (secondary N) is 1. The summed E-state index contributed by atoms with van der Waals surface area (Å²) in [6, 6.07) is 6.66. The van der Waals surface area contributed by atoms with Gasteiger partial charge in [0.1, 0.15) is 0 Å². The summed E-state index contributed by atoms with van der Waals surface area (Å²) in [4.78, 5) is 0.274. The van der Waals surface area contributed by atoms with Crippen molar-refractivity contribution in [2.24, 2.45) is 0 Å². The van der Waals surface area contributed by atoms with Gasteiger partial charge in [0.25, 0.3) is 0 Å². The summed E-state index contributed by atoms with van der Waals surface area (Å²) in [5, 5.41) is 11.8. The van der Waals surface area contributed by atoms with Crippen LogP contribution in [0.15, 0.2) is 23.1 Å². The molecular weight excluding hydrogens is 250 g/mol. The first-order valence-electron chi connectivity index (χ1n) is 5.66. The molecule has 1 heterocycles. The molecule has 0 bridgehead atoms. The lowest BCUT2D eigenvalue weighted by Crippen LogP contribution is -2.57. The number of nitriles is 1. The Bertz CT molecular complexity index is 600. The summed E-state index contributed by atoms with van der Waals surface area (Å²) in [7, 11) is -1.88. The molecule has 1 saturated heterocycles. The first-order chi connectivity index (χ1) is 8.46. The van der Waals surface area contributed by atoms with Crippen LogP contribution in [0.5, 0.6) is 0 Å². The summed E-state index contributed by atoms with van der Waals surface area (Å²) in [6.45, 7) is 3.08. The van der Waals surface area contributed by atoms with Gasteiger partial charge in [-0.15, -0.1) is 0 Å². The Kier molecular flexibility index (Phi) is 3.39. The first-order valence-corrected chi connectivity index (χ1v) is 7.10. The minimum absolute atomic E-state index is 0.0186. The van der Waals surface area contributed by atoms with E-state index in [2.05, 4.69) is 5.32 Å². The molecule has 0 radical (unpaired) electrons. The summed E-state index contributed by atoms with van der Waals surface area (Å²) in [5.74, 6) is 0. The predicted molar refractivity (Wildman–Crippen MR) is 67.5 cm³/mol. The SMILES string of the molecule is Cc1cc(C#N)ccc1S(=O)(=O)N(C)C1CNC1. The van der Waals surface area contributed by atoms with Gasteiger partial charge in [-0.1, -0.05) is 0 Å². The Balaban J connectivity index is 2.38. The minimum Gasteiger partial charge on any atom is -0.313 e. The largest absolute Gasteiger partial charge is 0.313 e. The van der Waals surface area contributed by atoms with E-state index in [4.69, 9.17) is 5.26 Å². The standard InChI is InChI=1S/C12H15N3O2S/c1-9-5-10(6-13)3-4-12(9)18(16,17)15(2)11-7-14-8-11/h3-5,11,14H,7-8H2,1-2H3. The molecule has 18 heavy (non-hydrogen) atoms. The number of rotatable bonds is 3. The van der Waals surface area contributed by atoms with Crippen LogP contribution in [-0.4, -0.2) is 38.9 Å². The van der Waals surface area contributed by atoms with Crippen molar-refractivity contribution in [2.75, 3.05) is 20.1 Å². The van der Waals surface area contributed by atoms with Gasteiger partial charge in [-0.05, 0) is 30.7 Å². The third-order valence-corrected chi connectivity index (χ3v) is 5.31. The zero-order chi connectivity index (χ0) is 13.3. The summed E-state index contributed by atoms with van der Waals surface area (Å²) >= 11 is 0. The highest BCUT2D eigenvalue weighted by molar-refractivity contribution is 7.89. The van der Waals surface area contributed by atoms with Crippen molar-refractivity contribution in [3.8, 4) is 6.07 Å². The Morgan fingerprint density at radius 3 is 2.56 bits per heavy atom. The van der Waals surface area contributed by atoms with Gasteiger partial charge < -0.3 is 5.32 Å². The zero-order valence-corrected chi connectivity index (χ0v) is 11.2. The maximum atomic E-state index is 12.4. The monoisotopic (exact) mass is 265 g/mol. The van der Waals surface area contributed by atoms with Crippen LogP contribution in [0.3, 0.4) is 0 Å². The van der Waals surface area contributed by atoms with Crippen LogP contribution < -0.4 is 5.32 Å². The van der Waals surface area contributed by atoms with Crippen LogP contribution in [0.4, 0.5) is 0 Å². The lowest BCUT2D eigenvalue weighted by atomic mass is 10.2. The van der Waals surface area contributed by atoms with Gasteiger partial charge in [-0.25, -0.2) is 8.42 Å². The average Bonchev–Trinajstić information content (AvgIpc) is 2.26. The second kappa shape index (κ2) is 4.69. The van der Waals surface area contributed by atoms with Crippen LogP contribution in [-0.2, 0) is 10.0 Å². The van der Waals surface area contributed by atoms with Crippen molar-refractivity contribution < 1.29 is 8.42 Å². The van der Waals surface area contributed by atoms with E-state index >= 15 is 0 Å². The molecule has 6 heteroatoms. The van der Waals surface area contributed by atoms with Crippen LogP contribution in [0, 0.1) is 18.3 Å². The number of hydrogen-bond donors (Lipinski definition) is 1.